The molecule has 0 fully saturated rings. The Labute approximate surface area is 148 Å². The fourth-order valence-corrected chi connectivity index (χ4v) is 3.11. The molecular weight excluding hydrogens is 316 g/mol. The summed E-state index contributed by atoms with van der Waals surface area (Å²) in [6.45, 7) is 8.59. The van der Waals surface area contributed by atoms with E-state index in [4.69, 9.17) is 5.26 Å². The van der Waals surface area contributed by atoms with Crippen LogP contribution in [-0.4, -0.2) is 11.7 Å². The van der Waals surface area contributed by atoms with Crippen molar-refractivity contribution in [2.75, 3.05) is 11.1 Å². The molecule has 0 spiro atoms. The highest BCUT2D eigenvalue weighted by Crippen LogP contribution is 2.29. The van der Waals surface area contributed by atoms with Crippen LogP contribution in [0.4, 0.5) is 5.69 Å². The number of benzene rings is 2. The van der Waals surface area contributed by atoms with Crippen LogP contribution in [0.3, 0.4) is 0 Å². The summed E-state index contributed by atoms with van der Waals surface area (Å²) >= 11 is 1.52. The number of carbonyl (C=O) groups is 1. The van der Waals surface area contributed by atoms with Gasteiger partial charge in [0.2, 0.25) is 5.91 Å². The van der Waals surface area contributed by atoms with Crippen molar-refractivity contribution in [1.82, 2.24) is 0 Å². The molecule has 2 aromatic rings. The van der Waals surface area contributed by atoms with Crippen LogP contribution in [0.5, 0.6) is 0 Å². The van der Waals surface area contributed by atoms with Crippen LogP contribution in [0.25, 0.3) is 0 Å². The van der Waals surface area contributed by atoms with Gasteiger partial charge in [-0.15, -0.1) is 11.8 Å². The van der Waals surface area contributed by atoms with Crippen molar-refractivity contribution in [3.8, 4) is 6.07 Å². The lowest BCUT2D eigenvalue weighted by Gasteiger charge is -2.20. The Morgan fingerprint density at radius 3 is 2.58 bits per heavy atom. The first kappa shape index (κ1) is 18.1. The summed E-state index contributed by atoms with van der Waals surface area (Å²) in [4.78, 5) is 13.3. The Balaban J connectivity index is 2.06. The number of anilines is 1. The number of hydrogen-bond acceptors (Lipinski definition) is 3. The highest BCUT2D eigenvalue weighted by molar-refractivity contribution is 8.00. The third-order valence-corrected chi connectivity index (χ3v) is 4.89. The Hall–Kier alpha value is -2.25. The van der Waals surface area contributed by atoms with Gasteiger partial charge in [0, 0.05) is 4.90 Å². The van der Waals surface area contributed by atoms with Gasteiger partial charge in [0.25, 0.3) is 0 Å². The van der Waals surface area contributed by atoms with Crippen molar-refractivity contribution in [2.24, 2.45) is 0 Å². The minimum atomic E-state index is -0.108. The Kier molecular flexibility index (Phi) is 5.69. The van der Waals surface area contributed by atoms with Crippen molar-refractivity contribution in [2.45, 2.75) is 38.0 Å². The maximum absolute atomic E-state index is 12.2. The molecule has 4 heteroatoms. The molecule has 0 aliphatic rings. The molecule has 0 aromatic heterocycles. The third-order valence-electron chi connectivity index (χ3n) is 3.73. The topological polar surface area (TPSA) is 52.9 Å². The average Bonchev–Trinajstić information content (AvgIpc) is 2.53. The van der Waals surface area contributed by atoms with Crippen LogP contribution in [-0.2, 0) is 10.2 Å². The number of nitrogens with one attached hydrogen (secondary N) is 1. The van der Waals surface area contributed by atoms with Crippen molar-refractivity contribution in [3.05, 3.63) is 59.2 Å². The van der Waals surface area contributed by atoms with E-state index in [1.807, 2.05) is 0 Å². The van der Waals surface area contributed by atoms with Crippen LogP contribution in [0.15, 0.2) is 47.4 Å². The number of thioether (sulfide) groups is 1. The van der Waals surface area contributed by atoms with Crippen LogP contribution < -0.4 is 5.32 Å². The van der Waals surface area contributed by atoms with Gasteiger partial charge in [-0.25, -0.2) is 0 Å². The van der Waals surface area contributed by atoms with E-state index in [2.05, 4.69) is 57.3 Å². The zero-order valence-electron chi connectivity index (χ0n) is 14.5. The van der Waals surface area contributed by atoms with Gasteiger partial charge in [0.1, 0.15) is 6.07 Å². The smallest absolute Gasteiger partial charge is 0.234 e. The Morgan fingerprint density at radius 2 is 1.92 bits per heavy atom. The molecule has 0 atom stereocenters. The maximum Gasteiger partial charge on any atom is 0.234 e. The Bertz CT molecular complexity index is 785. The first-order valence-corrected chi connectivity index (χ1v) is 8.83. The summed E-state index contributed by atoms with van der Waals surface area (Å²) < 4.78 is 0. The molecule has 24 heavy (non-hydrogen) atoms. The van der Waals surface area contributed by atoms with Crippen molar-refractivity contribution < 1.29 is 4.79 Å². The number of carbonyl (C=O) groups excluding carboxylic acids is 1. The quantitative estimate of drug-likeness (QED) is 0.807. The number of amides is 1. The molecule has 0 radical (unpaired) electrons. The number of nitriles is 1. The summed E-state index contributed by atoms with van der Waals surface area (Å²) in [7, 11) is 0. The summed E-state index contributed by atoms with van der Waals surface area (Å²) in [5.41, 5.74) is 3.54. The predicted molar refractivity (Wildman–Crippen MR) is 100 cm³/mol. The fraction of sp³-hybridized carbons (Fsp3) is 0.300. The summed E-state index contributed by atoms with van der Waals surface area (Å²) in [6.07, 6.45) is 0. The summed E-state index contributed by atoms with van der Waals surface area (Å²) in [6, 6.07) is 15.5. The molecule has 1 N–H and O–H groups in total. The van der Waals surface area contributed by atoms with E-state index in [0.717, 1.165) is 4.90 Å². The zero-order chi connectivity index (χ0) is 17.7. The van der Waals surface area contributed by atoms with E-state index >= 15 is 0 Å². The first-order chi connectivity index (χ1) is 11.3. The molecule has 0 aliphatic heterocycles. The zero-order valence-corrected chi connectivity index (χ0v) is 15.3. The standard InChI is InChI=1S/C20H22N2OS/c1-14-9-10-16(20(2,3)4)11-18(14)24-13-19(23)22-17-8-6-5-7-15(17)12-21/h5-11H,13H2,1-4H3,(H,22,23). The number of rotatable bonds is 4. The van der Waals surface area contributed by atoms with E-state index < -0.39 is 0 Å². The van der Waals surface area contributed by atoms with E-state index in [1.165, 1.54) is 22.9 Å². The molecule has 0 saturated carbocycles. The highest BCUT2D eigenvalue weighted by Gasteiger charge is 2.15. The highest BCUT2D eigenvalue weighted by atomic mass is 32.2. The molecule has 124 valence electrons. The molecule has 0 heterocycles. The second-order valence-electron chi connectivity index (χ2n) is 6.72. The van der Waals surface area contributed by atoms with Gasteiger partial charge in [0.05, 0.1) is 17.0 Å². The van der Waals surface area contributed by atoms with E-state index in [0.29, 0.717) is 17.0 Å². The normalized spacial score (nSPS) is 11.0. The molecule has 1 amide bonds. The Morgan fingerprint density at radius 1 is 1.21 bits per heavy atom. The van der Waals surface area contributed by atoms with Gasteiger partial charge in [-0.2, -0.15) is 5.26 Å². The van der Waals surface area contributed by atoms with Crippen LogP contribution >= 0.6 is 11.8 Å². The SMILES string of the molecule is Cc1ccc(C(C)(C)C)cc1SCC(=O)Nc1ccccc1C#N. The molecule has 3 nitrogen and oxygen atoms in total. The second-order valence-corrected chi connectivity index (χ2v) is 7.74. The fourth-order valence-electron chi connectivity index (χ4n) is 2.24. The average molecular weight is 338 g/mol. The largest absolute Gasteiger partial charge is 0.324 e. The summed E-state index contributed by atoms with van der Waals surface area (Å²) in [5.74, 6) is 0.206. The molecule has 0 aliphatic carbocycles. The minimum absolute atomic E-state index is 0.0804. The number of aryl methyl sites for hydroxylation is 1. The monoisotopic (exact) mass is 338 g/mol. The van der Waals surface area contributed by atoms with Crippen LogP contribution in [0, 0.1) is 18.3 Å². The second kappa shape index (κ2) is 7.55. The predicted octanol–water partition coefficient (Wildman–Crippen LogP) is 4.90. The number of nitrogens with zero attached hydrogens (tertiary/aromatic N) is 1. The van der Waals surface area contributed by atoms with Gasteiger partial charge in [-0.1, -0.05) is 45.0 Å². The van der Waals surface area contributed by atoms with Crippen molar-refractivity contribution >= 4 is 23.4 Å². The minimum Gasteiger partial charge on any atom is -0.324 e. The molecule has 0 unspecified atom stereocenters. The number of para-hydroxylation sites is 1. The summed E-state index contributed by atoms with van der Waals surface area (Å²) in [5, 5.41) is 11.9. The third kappa shape index (κ3) is 4.62. The van der Waals surface area contributed by atoms with Crippen molar-refractivity contribution in [1.29, 1.82) is 5.26 Å². The van der Waals surface area contributed by atoms with Gasteiger partial charge >= 0.3 is 0 Å². The molecule has 2 aromatic carbocycles. The maximum atomic E-state index is 12.2. The van der Waals surface area contributed by atoms with Crippen molar-refractivity contribution in [3.63, 3.8) is 0 Å². The van der Waals surface area contributed by atoms with Crippen LogP contribution in [0.2, 0.25) is 0 Å². The van der Waals surface area contributed by atoms with E-state index in [1.54, 1.807) is 24.3 Å². The first-order valence-electron chi connectivity index (χ1n) is 7.84. The van der Waals surface area contributed by atoms with E-state index in [-0.39, 0.29) is 11.3 Å². The lowest BCUT2D eigenvalue weighted by Crippen LogP contribution is -2.15. The lowest BCUT2D eigenvalue weighted by molar-refractivity contribution is -0.113. The van der Waals surface area contributed by atoms with Gasteiger partial charge in [-0.05, 0) is 41.7 Å². The molecular formula is C20H22N2OS. The molecule has 0 saturated heterocycles. The molecule has 2 rings (SSSR count). The van der Waals surface area contributed by atoms with E-state index in [9.17, 15) is 4.79 Å². The van der Waals surface area contributed by atoms with Gasteiger partial charge in [0.15, 0.2) is 0 Å². The lowest BCUT2D eigenvalue weighted by atomic mass is 9.87. The molecule has 0 bridgehead atoms. The van der Waals surface area contributed by atoms with Gasteiger partial charge in [-0.3, -0.25) is 4.79 Å². The van der Waals surface area contributed by atoms with Gasteiger partial charge < -0.3 is 5.32 Å². The number of hydrogen-bond donors (Lipinski definition) is 1. The van der Waals surface area contributed by atoms with Crippen LogP contribution in [0.1, 0.15) is 37.5 Å².